The largest absolute Gasteiger partial charge is 0.449 e. The molecule has 0 aromatic carbocycles. The van der Waals surface area contributed by atoms with E-state index in [0.29, 0.717) is 18.6 Å². The molecule has 0 radical (unpaired) electrons. The fourth-order valence-corrected chi connectivity index (χ4v) is 4.41. The summed E-state index contributed by atoms with van der Waals surface area (Å²) in [6.07, 6.45) is 1.89. The fourth-order valence-electron chi connectivity index (χ4n) is 4.41. The van der Waals surface area contributed by atoms with E-state index in [9.17, 15) is 4.79 Å². The lowest BCUT2D eigenvalue weighted by Crippen LogP contribution is -2.58. The van der Waals surface area contributed by atoms with E-state index in [1.807, 2.05) is 4.90 Å². The van der Waals surface area contributed by atoms with Crippen molar-refractivity contribution in [1.29, 1.82) is 0 Å². The summed E-state index contributed by atoms with van der Waals surface area (Å²) >= 11 is 0. The molecule has 0 spiro atoms. The zero-order valence-corrected chi connectivity index (χ0v) is 21.0. The van der Waals surface area contributed by atoms with E-state index in [0.717, 1.165) is 65.2 Å². The molecule has 30 heavy (non-hydrogen) atoms. The third-order valence-electron chi connectivity index (χ3n) is 8.19. The topological polar surface area (TPSA) is 39.3 Å². The van der Waals surface area contributed by atoms with Gasteiger partial charge in [-0.3, -0.25) is 14.7 Å². The maximum atomic E-state index is 12.5. The predicted octanol–water partition coefficient (Wildman–Crippen LogP) is 3.76. The van der Waals surface area contributed by atoms with E-state index in [1.54, 1.807) is 0 Å². The molecule has 0 bridgehead atoms. The monoisotopic (exact) mass is 424 g/mol. The minimum absolute atomic E-state index is 0.139. The average Bonchev–Trinajstić information content (AvgIpc) is 2.73. The van der Waals surface area contributed by atoms with E-state index in [4.69, 9.17) is 4.74 Å². The van der Waals surface area contributed by atoms with Crippen molar-refractivity contribution in [3.8, 4) is 0 Å². The van der Waals surface area contributed by atoms with Crippen molar-refractivity contribution in [2.24, 2.45) is 5.92 Å². The number of hydrogen-bond acceptors (Lipinski definition) is 5. The second-order valence-electron chi connectivity index (χ2n) is 10.7. The number of carbonyl (C=O) groups is 1. The van der Waals surface area contributed by atoms with Gasteiger partial charge in [-0.05, 0) is 53.4 Å². The highest BCUT2D eigenvalue weighted by Crippen LogP contribution is 2.26. The van der Waals surface area contributed by atoms with Gasteiger partial charge in [-0.25, -0.2) is 4.79 Å². The zero-order chi connectivity index (χ0) is 22.5. The number of nitrogens with zero attached hydrogens (tertiary/aromatic N) is 4. The minimum Gasteiger partial charge on any atom is -0.449 e. The van der Waals surface area contributed by atoms with Gasteiger partial charge >= 0.3 is 6.09 Å². The van der Waals surface area contributed by atoms with Gasteiger partial charge in [-0.15, -0.1) is 0 Å². The first kappa shape index (κ1) is 25.4. The fraction of sp³-hybridized carbons (Fsp3) is 0.958. The molecule has 0 aliphatic carbocycles. The van der Waals surface area contributed by atoms with Crippen molar-refractivity contribution in [2.75, 3.05) is 59.0 Å². The Balaban J connectivity index is 1.67. The molecule has 0 aromatic heterocycles. The molecule has 2 saturated heterocycles. The van der Waals surface area contributed by atoms with Crippen LogP contribution in [0.3, 0.4) is 0 Å². The number of amides is 1. The third kappa shape index (κ3) is 6.33. The van der Waals surface area contributed by atoms with Crippen LogP contribution in [0.25, 0.3) is 0 Å². The van der Waals surface area contributed by atoms with Gasteiger partial charge in [0.25, 0.3) is 0 Å². The number of rotatable bonds is 8. The first-order valence-corrected chi connectivity index (χ1v) is 12.1. The quantitative estimate of drug-likeness (QED) is 0.593. The number of carbonyl (C=O) groups excluding carboxylic acids is 1. The van der Waals surface area contributed by atoms with Crippen LogP contribution in [-0.2, 0) is 4.74 Å². The summed E-state index contributed by atoms with van der Waals surface area (Å²) < 4.78 is 5.63. The molecule has 6 heteroatoms. The molecule has 2 fully saturated rings. The molecule has 2 aliphatic rings. The summed E-state index contributed by atoms with van der Waals surface area (Å²) in [6.45, 7) is 26.8. The first-order chi connectivity index (χ1) is 14.0. The van der Waals surface area contributed by atoms with Crippen LogP contribution in [0.2, 0.25) is 0 Å². The van der Waals surface area contributed by atoms with Crippen molar-refractivity contribution in [2.45, 2.75) is 85.4 Å². The maximum absolute atomic E-state index is 12.5. The molecule has 2 aliphatic heterocycles. The third-order valence-corrected chi connectivity index (χ3v) is 8.19. The van der Waals surface area contributed by atoms with Crippen LogP contribution < -0.4 is 0 Å². The minimum atomic E-state index is -0.139. The normalized spacial score (nSPS) is 21.8. The van der Waals surface area contributed by atoms with E-state index < -0.39 is 0 Å². The van der Waals surface area contributed by atoms with Gasteiger partial charge in [0.1, 0.15) is 0 Å². The lowest BCUT2D eigenvalue weighted by Gasteiger charge is -2.47. The van der Waals surface area contributed by atoms with E-state index >= 15 is 0 Å². The summed E-state index contributed by atoms with van der Waals surface area (Å²) in [5.41, 5.74) is 0.459. The highest BCUT2D eigenvalue weighted by molar-refractivity contribution is 5.67. The second kappa shape index (κ2) is 10.6. The van der Waals surface area contributed by atoms with Crippen molar-refractivity contribution in [3.63, 3.8) is 0 Å². The van der Waals surface area contributed by atoms with Crippen LogP contribution in [0.1, 0.15) is 68.2 Å². The van der Waals surface area contributed by atoms with Gasteiger partial charge in [0.05, 0.1) is 6.61 Å². The summed E-state index contributed by atoms with van der Waals surface area (Å²) in [5.74, 6) is 0.649. The van der Waals surface area contributed by atoms with Crippen LogP contribution in [0, 0.1) is 5.92 Å². The molecular weight excluding hydrogens is 376 g/mol. The highest BCUT2D eigenvalue weighted by atomic mass is 16.6. The number of ether oxygens (including phenoxy) is 1. The van der Waals surface area contributed by atoms with Crippen molar-refractivity contribution >= 4 is 6.09 Å². The van der Waals surface area contributed by atoms with Gasteiger partial charge in [0.2, 0.25) is 0 Å². The van der Waals surface area contributed by atoms with Crippen molar-refractivity contribution in [3.05, 3.63) is 0 Å². The van der Waals surface area contributed by atoms with Gasteiger partial charge in [0, 0.05) is 69.5 Å². The zero-order valence-electron chi connectivity index (χ0n) is 21.0. The summed E-state index contributed by atoms with van der Waals surface area (Å²) in [7, 11) is 0. The smallest absolute Gasteiger partial charge is 0.409 e. The molecule has 176 valence electrons. The molecule has 6 nitrogen and oxygen atoms in total. The van der Waals surface area contributed by atoms with Gasteiger partial charge < -0.3 is 9.64 Å². The van der Waals surface area contributed by atoms with E-state index in [2.05, 4.69) is 70.1 Å². The van der Waals surface area contributed by atoms with Crippen LogP contribution in [0.5, 0.6) is 0 Å². The maximum Gasteiger partial charge on any atom is 0.409 e. The Morgan fingerprint density at radius 3 is 1.90 bits per heavy atom. The molecule has 0 aromatic rings. The first-order valence-electron chi connectivity index (χ1n) is 12.1. The summed E-state index contributed by atoms with van der Waals surface area (Å²) in [5, 5.41) is 0. The number of piperazine rings is 2. The molecule has 1 unspecified atom stereocenters. The van der Waals surface area contributed by atoms with Crippen LogP contribution in [0.15, 0.2) is 0 Å². The molecule has 0 N–H and O–H groups in total. The Bertz CT molecular complexity index is 533. The van der Waals surface area contributed by atoms with Crippen molar-refractivity contribution in [1.82, 2.24) is 19.6 Å². The molecule has 2 rings (SSSR count). The Morgan fingerprint density at radius 1 is 0.867 bits per heavy atom. The Hall–Kier alpha value is -0.850. The SMILES string of the molecule is CCC(C)(C)N1CCN(C(=O)OCCC(C)N2CCN(C(C)(C)C(C)C)CC2)CC1. The van der Waals surface area contributed by atoms with Gasteiger partial charge in [-0.2, -0.15) is 0 Å². The average molecular weight is 425 g/mol. The van der Waals surface area contributed by atoms with E-state index in [1.165, 1.54) is 0 Å². The van der Waals surface area contributed by atoms with Gasteiger partial charge in [-0.1, -0.05) is 20.8 Å². The van der Waals surface area contributed by atoms with Crippen LogP contribution in [0.4, 0.5) is 4.79 Å². The Morgan fingerprint density at radius 2 is 1.40 bits per heavy atom. The lowest BCUT2D eigenvalue weighted by molar-refractivity contribution is 0.00781. The predicted molar refractivity (Wildman–Crippen MR) is 125 cm³/mol. The number of hydrogen-bond donors (Lipinski definition) is 0. The Labute approximate surface area is 185 Å². The second-order valence-corrected chi connectivity index (χ2v) is 10.7. The summed E-state index contributed by atoms with van der Waals surface area (Å²) in [4.78, 5) is 22.0. The standard InChI is InChI=1S/C24H48N4O2/c1-9-23(5,6)27-15-13-26(14-16-27)22(29)30-19-10-21(4)25-11-17-28(18-12-25)24(7,8)20(2)3/h20-21H,9-19H2,1-8H3. The molecule has 2 heterocycles. The van der Waals surface area contributed by atoms with Crippen LogP contribution >= 0.6 is 0 Å². The van der Waals surface area contributed by atoms with Gasteiger partial charge in [0.15, 0.2) is 0 Å². The molecule has 1 atom stereocenters. The molecule has 1 amide bonds. The van der Waals surface area contributed by atoms with Crippen molar-refractivity contribution < 1.29 is 9.53 Å². The van der Waals surface area contributed by atoms with Crippen LogP contribution in [-0.4, -0.2) is 102 Å². The Kier molecular flexibility index (Phi) is 9.02. The summed E-state index contributed by atoms with van der Waals surface area (Å²) in [6, 6.07) is 0.448. The lowest BCUT2D eigenvalue weighted by atomic mass is 9.88. The molecular formula is C24H48N4O2. The highest BCUT2D eigenvalue weighted by Gasteiger charge is 2.33. The molecule has 0 saturated carbocycles. The van der Waals surface area contributed by atoms with E-state index in [-0.39, 0.29) is 17.2 Å².